The van der Waals surface area contributed by atoms with Crippen molar-refractivity contribution >= 4 is 5.97 Å². The Morgan fingerprint density at radius 1 is 1.23 bits per heavy atom. The quantitative estimate of drug-likeness (QED) is 0.364. The Labute approximate surface area is 158 Å². The summed E-state index contributed by atoms with van der Waals surface area (Å²) < 4.78 is 0. The van der Waals surface area contributed by atoms with Gasteiger partial charge in [-0.05, 0) is 66.6 Å². The first-order valence-electron chi connectivity index (χ1n) is 10.2. The van der Waals surface area contributed by atoms with Crippen LogP contribution in [0.3, 0.4) is 0 Å². The van der Waals surface area contributed by atoms with Gasteiger partial charge < -0.3 is 5.11 Å². The number of fused-ring (bicyclic) bond motifs is 3. The van der Waals surface area contributed by atoms with Crippen molar-refractivity contribution in [2.45, 2.75) is 65.7 Å². The third-order valence-corrected chi connectivity index (χ3v) is 7.70. The van der Waals surface area contributed by atoms with E-state index in [0.29, 0.717) is 17.3 Å². The van der Waals surface area contributed by atoms with E-state index in [0.717, 1.165) is 6.42 Å². The van der Waals surface area contributed by atoms with Crippen molar-refractivity contribution < 1.29 is 9.90 Å². The second kappa shape index (κ2) is 6.87. The van der Waals surface area contributed by atoms with E-state index in [1.54, 1.807) is 11.6 Å². The Hall–Kier alpha value is -1.57. The van der Waals surface area contributed by atoms with Crippen LogP contribution in [0.15, 0.2) is 48.6 Å². The lowest BCUT2D eigenvalue weighted by molar-refractivity contribution is -0.131. The number of hydrogen-bond donors (Lipinski definition) is 1. The van der Waals surface area contributed by atoms with Crippen LogP contribution in [0.4, 0.5) is 0 Å². The molecule has 3 rings (SSSR count). The highest BCUT2D eigenvalue weighted by molar-refractivity contribution is 5.80. The normalized spacial score (nSPS) is 43.0. The molecule has 142 valence electrons. The van der Waals surface area contributed by atoms with Gasteiger partial charge >= 0.3 is 5.97 Å². The highest BCUT2D eigenvalue weighted by Crippen LogP contribution is 2.64. The molecule has 3 aliphatic rings. The van der Waals surface area contributed by atoms with Gasteiger partial charge in [0, 0.05) is 6.08 Å². The lowest BCUT2D eigenvalue weighted by Crippen LogP contribution is -2.49. The maximum absolute atomic E-state index is 10.7. The zero-order chi connectivity index (χ0) is 19.0. The molecule has 2 heteroatoms. The molecular formula is C24H34O2. The Morgan fingerprint density at radius 2 is 2.00 bits per heavy atom. The van der Waals surface area contributed by atoms with Crippen LogP contribution in [0.1, 0.15) is 65.7 Å². The van der Waals surface area contributed by atoms with E-state index in [1.165, 1.54) is 44.6 Å². The number of rotatable bonds is 4. The molecule has 0 spiro atoms. The van der Waals surface area contributed by atoms with Crippen molar-refractivity contribution in [2.24, 2.45) is 28.1 Å². The minimum absolute atomic E-state index is 0.154. The third kappa shape index (κ3) is 3.35. The van der Waals surface area contributed by atoms with Gasteiger partial charge in [-0.15, -0.1) is 6.58 Å². The van der Waals surface area contributed by atoms with Gasteiger partial charge in [-0.25, -0.2) is 4.79 Å². The van der Waals surface area contributed by atoms with Gasteiger partial charge in [-0.1, -0.05) is 63.1 Å². The number of carboxylic acids is 1. The predicted octanol–water partition coefficient (Wildman–Crippen LogP) is 6.32. The Bertz CT molecular complexity index is 670. The van der Waals surface area contributed by atoms with E-state index in [1.807, 2.05) is 6.08 Å². The molecule has 0 amide bonds. The van der Waals surface area contributed by atoms with E-state index < -0.39 is 5.97 Å². The fraction of sp³-hybridized carbons (Fsp3) is 0.625. The minimum atomic E-state index is -0.883. The predicted molar refractivity (Wildman–Crippen MR) is 108 cm³/mol. The molecule has 2 saturated carbocycles. The van der Waals surface area contributed by atoms with Crippen molar-refractivity contribution in [1.82, 2.24) is 0 Å². The second-order valence-corrected chi connectivity index (χ2v) is 9.59. The molecule has 0 aromatic carbocycles. The van der Waals surface area contributed by atoms with Gasteiger partial charge in [0.1, 0.15) is 0 Å². The van der Waals surface area contributed by atoms with Crippen LogP contribution in [0.5, 0.6) is 0 Å². The van der Waals surface area contributed by atoms with E-state index in [9.17, 15) is 4.79 Å². The molecule has 0 aromatic rings. The summed E-state index contributed by atoms with van der Waals surface area (Å²) in [5, 5.41) is 8.80. The molecule has 3 aliphatic carbocycles. The molecule has 1 N–H and O–H groups in total. The van der Waals surface area contributed by atoms with Gasteiger partial charge in [0.2, 0.25) is 0 Å². The first-order chi connectivity index (χ1) is 12.2. The summed E-state index contributed by atoms with van der Waals surface area (Å²) in [6.07, 6.45) is 20.5. The molecular weight excluding hydrogens is 320 g/mol. The molecule has 0 radical (unpaired) electrons. The molecule has 0 bridgehead atoms. The lowest BCUT2D eigenvalue weighted by Gasteiger charge is -2.58. The highest BCUT2D eigenvalue weighted by atomic mass is 16.4. The molecule has 1 unspecified atom stereocenters. The van der Waals surface area contributed by atoms with E-state index in [2.05, 4.69) is 45.6 Å². The van der Waals surface area contributed by atoms with Crippen molar-refractivity contribution in [3.63, 3.8) is 0 Å². The highest BCUT2D eigenvalue weighted by Gasteiger charge is 2.54. The SMILES string of the molecule is C=C[C@@]1(C)CC=C2C(CC[C@H]3[C@@]2(C)CCC[C@@]3(C)/C=C/C=C/C(=O)O)C1. The summed E-state index contributed by atoms with van der Waals surface area (Å²) in [6.45, 7) is 11.3. The molecule has 26 heavy (non-hydrogen) atoms. The van der Waals surface area contributed by atoms with Crippen LogP contribution in [0.25, 0.3) is 0 Å². The maximum atomic E-state index is 10.7. The van der Waals surface area contributed by atoms with Crippen molar-refractivity contribution in [1.29, 1.82) is 0 Å². The first kappa shape index (κ1) is 19.2. The van der Waals surface area contributed by atoms with Crippen molar-refractivity contribution in [2.75, 3.05) is 0 Å². The summed E-state index contributed by atoms with van der Waals surface area (Å²) in [6, 6.07) is 0. The number of hydrogen-bond acceptors (Lipinski definition) is 1. The van der Waals surface area contributed by atoms with E-state index in [4.69, 9.17) is 5.11 Å². The third-order valence-electron chi connectivity index (χ3n) is 7.70. The topological polar surface area (TPSA) is 37.3 Å². The average Bonchev–Trinajstić information content (AvgIpc) is 2.58. The zero-order valence-corrected chi connectivity index (χ0v) is 16.6. The van der Waals surface area contributed by atoms with E-state index >= 15 is 0 Å². The van der Waals surface area contributed by atoms with Gasteiger partial charge in [-0.3, -0.25) is 0 Å². The fourth-order valence-electron chi connectivity index (χ4n) is 6.28. The van der Waals surface area contributed by atoms with Crippen LogP contribution in [0, 0.1) is 28.1 Å². The van der Waals surface area contributed by atoms with Crippen LogP contribution < -0.4 is 0 Å². The first-order valence-corrected chi connectivity index (χ1v) is 10.2. The second-order valence-electron chi connectivity index (χ2n) is 9.59. The standard InChI is InChI=1S/C24H34O2/c1-5-22(2)16-12-19-18(17-22)10-11-20-23(3,13-7-6-9-21(25)26)14-8-15-24(19,20)4/h5-7,9,12-13,18,20H,1,8,10-11,14-17H2,2-4H3,(H,25,26)/b9-6+,13-7+/t18?,20-,22+,23-,24+/m1/s1. The molecule has 0 aliphatic heterocycles. The Kier molecular flexibility index (Phi) is 5.07. The van der Waals surface area contributed by atoms with Crippen molar-refractivity contribution in [3.8, 4) is 0 Å². The van der Waals surface area contributed by atoms with Gasteiger partial charge in [0.25, 0.3) is 0 Å². The largest absolute Gasteiger partial charge is 0.478 e. The molecule has 5 atom stereocenters. The molecule has 0 heterocycles. The summed E-state index contributed by atoms with van der Waals surface area (Å²) in [7, 11) is 0. The number of carboxylic acid groups (broad SMARTS) is 1. The van der Waals surface area contributed by atoms with Gasteiger partial charge in [0.15, 0.2) is 0 Å². The smallest absolute Gasteiger partial charge is 0.328 e. The molecule has 2 nitrogen and oxygen atoms in total. The van der Waals surface area contributed by atoms with Crippen molar-refractivity contribution in [3.05, 3.63) is 48.6 Å². The van der Waals surface area contributed by atoms with Crippen LogP contribution >= 0.6 is 0 Å². The monoisotopic (exact) mass is 354 g/mol. The Balaban J connectivity index is 1.88. The summed E-state index contributed by atoms with van der Waals surface area (Å²) in [4.78, 5) is 10.7. The Morgan fingerprint density at radius 3 is 2.69 bits per heavy atom. The van der Waals surface area contributed by atoms with Crippen LogP contribution in [-0.4, -0.2) is 11.1 Å². The lowest BCUT2D eigenvalue weighted by atomic mass is 9.46. The minimum Gasteiger partial charge on any atom is -0.478 e. The van der Waals surface area contributed by atoms with E-state index in [-0.39, 0.29) is 10.8 Å². The van der Waals surface area contributed by atoms with Crippen LogP contribution in [0.2, 0.25) is 0 Å². The zero-order valence-electron chi connectivity index (χ0n) is 16.6. The van der Waals surface area contributed by atoms with Gasteiger partial charge in [-0.2, -0.15) is 0 Å². The molecule has 2 fully saturated rings. The number of allylic oxidation sites excluding steroid dienone is 6. The fourth-order valence-corrected chi connectivity index (χ4v) is 6.28. The summed E-state index contributed by atoms with van der Waals surface area (Å²) in [5.41, 5.74) is 2.42. The number of carbonyl (C=O) groups is 1. The van der Waals surface area contributed by atoms with Crippen LogP contribution in [-0.2, 0) is 4.79 Å². The number of aliphatic carboxylic acids is 1. The average molecular weight is 355 g/mol. The maximum Gasteiger partial charge on any atom is 0.328 e. The molecule has 0 saturated heterocycles. The van der Waals surface area contributed by atoms with Gasteiger partial charge in [0.05, 0.1) is 0 Å². The molecule has 0 aromatic heterocycles. The summed E-state index contributed by atoms with van der Waals surface area (Å²) >= 11 is 0. The summed E-state index contributed by atoms with van der Waals surface area (Å²) in [5.74, 6) is 0.478.